The van der Waals surface area contributed by atoms with Crippen LogP contribution in [-0.4, -0.2) is 48.8 Å². The maximum absolute atomic E-state index is 13.1. The van der Waals surface area contributed by atoms with E-state index in [1.54, 1.807) is 30.5 Å². The van der Waals surface area contributed by atoms with Gasteiger partial charge in [0.05, 0.1) is 36.4 Å². The summed E-state index contributed by atoms with van der Waals surface area (Å²) in [5, 5.41) is 14.4. The Labute approximate surface area is 274 Å². The van der Waals surface area contributed by atoms with E-state index in [0.29, 0.717) is 47.1 Å². The van der Waals surface area contributed by atoms with E-state index >= 15 is 0 Å². The predicted molar refractivity (Wildman–Crippen MR) is 185 cm³/mol. The first-order valence-electron chi connectivity index (χ1n) is 14.9. The van der Waals surface area contributed by atoms with Crippen LogP contribution in [-0.2, 0) is 19.1 Å². The van der Waals surface area contributed by atoms with E-state index in [0.717, 1.165) is 29.8 Å². The molecule has 2 atom stereocenters. The Balaban J connectivity index is 0.00000114. The van der Waals surface area contributed by atoms with Gasteiger partial charge in [0, 0.05) is 41.4 Å². The van der Waals surface area contributed by atoms with Gasteiger partial charge in [0.25, 0.3) is 6.47 Å². The molecule has 1 aromatic heterocycles. The van der Waals surface area contributed by atoms with E-state index < -0.39 is 0 Å². The van der Waals surface area contributed by atoms with E-state index in [4.69, 9.17) is 28.1 Å². The van der Waals surface area contributed by atoms with Crippen LogP contribution in [0.1, 0.15) is 63.9 Å². The summed E-state index contributed by atoms with van der Waals surface area (Å²) in [5.41, 5.74) is 4.30. The molecule has 3 aromatic rings. The van der Waals surface area contributed by atoms with Crippen LogP contribution in [0.3, 0.4) is 0 Å². The lowest BCUT2D eigenvalue weighted by Gasteiger charge is -2.18. The number of imidazole rings is 1. The number of hydrazine groups is 1. The molecule has 0 fully saturated rings. The second kappa shape index (κ2) is 19.5. The number of carbonyl (C=O) groups is 3. The molecule has 2 bridgehead atoms. The number of amides is 2. The maximum Gasteiger partial charge on any atom is 0.292 e. The van der Waals surface area contributed by atoms with E-state index in [-0.39, 0.29) is 23.8 Å². The Morgan fingerprint density at radius 1 is 1.20 bits per heavy atom. The van der Waals surface area contributed by atoms with Gasteiger partial charge in [0.15, 0.2) is 0 Å². The summed E-state index contributed by atoms with van der Waals surface area (Å²) in [4.78, 5) is 42.7. The molecule has 2 aromatic carbocycles. The summed E-state index contributed by atoms with van der Waals surface area (Å²) >= 11 is 6.18. The molecule has 0 saturated heterocycles. The molecule has 2 amide bonds. The van der Waals surface area contributed by atoms with Crippen LogP contribution in [0.2, 0.25) is 5.02 Å². The maximum atomic E-state index is 13.1. The van der Waals surface area contributed by atoms with E-state index in [9.17, 15) is 9.59 Å². The lowest BCUT2D eigenvalue weighted by molar-refractivity contribution is -0.126. The average molecular weight is 654 g/mol. The number of halogens is 1. The number of rotatable bonds is 7. The number of ether oxygens (including phenoxy) is 1. The Bertz CT molecular complexity index is 1490. The molecule has 248 valence electrons. The predicted octanol–water partition coefficient (Wildman–Crippen LogP) is 5.19. The van der Waals surface area contributed by atoms with Crippen LogP contribution < -0.4 is 32.6 Å². The normalized spacial score (nSPS) is 16.1. The van der Waals surface area contributed by atoms with Gasteiger partial charge < -0.3 is 31.5 Å². The molecule has 2 heterocycles. The van der Waals surface area contributed by atoms with Crippen molar-refractivity contribution in [2.45, 2.75) is 52.5 Å². The van der Waals surface area contributed by atoms with Crippen LogP contribution in [0.5, 0.6) is 0 Å². The third-order valence-corrected chi connectivity index (χ3v) is 7.13. The number of carbonyl (C=O) groups excluding carboxylic acids is 3. The number of methoxy groups -OCH3 is 1. The van der Waals surface area contributed by atoms with Crippen LogP contribution in [0.4, 0.5) is 17.1 Å². The van der Waals surface area contributed by atoms with E-state index in [1.165, 1.54) is 24.5 Å². The second-order valence-electron chi connectivity index (χ2n) is 10.1. The fourth-order valence-electron chi connectivity index (χ4n) is 4.56. The number of nitrogens with zero attached hydrogens (tertiary/aromatic N) is 3. The van der Waals surface area contributed by atoms with Crippen molar-refractivity contribution in [1.29, 1.82) is 0 Å². The second-order valence-corrected chi connectivity index (χ2v) is 10.5. The average Bonchev–Trinajstić information content (AvgIpc) is 3.55. The smallest absolute Gasteiger partial charge is 0.292 e. The molecule has 4 rings (SSSR count). The zero-order chi connectivity index (χ0) is 34.1. The summed E-state index contributed by atoms with van der Waals surface area (Å²) in [6, 6.07) is 10.5. The Morgan fingerprint density at radius 3 is 2.61 bits per heavy atom. The number of anilines is 3. The van der Waals surface area contributed by atoms with Crippen LogP contribution in [0, 0.1) is 5.92 Å². The summed E-state index contributed by atoms with van der Waals surface area (Å²) in [7, 11) is 3.14. The number of hydrogen-bond acceptors (Lipinski definition) is 9. The van der Waals surface area contributed by atoms with Crippen molar-refractivity contribution in [1.82, 2.24) is 15.3 Å². The van der Waals surface area contributed by atoms with Crippen molar-refractivity contribution in [3.8, 4) is 11.3 Å². The first-order valence-corrected chi connectivity index (χ1v) is 15.3. The number of fused-ring (bicyclic) bond motifs is 4. The zero-order valence-electron chi connectivity index (χ0n) is 26.8. The van der Waals surface area contributed by atoms with Gasteiger partial charge in [-0.25, -0.2) is 10.8 Å². The zero-order valence-corrected chi connectivity index (χ0v) is 27.6. The van der Waals surface area contributed by atoms with Gasteiger partial charge in [-0.2, -0.15) is 5.10 Å². The van der Waals surface area contributed by atoms with E-state index in [2.05, 4.69) is 42.7 Å². The Hall–Kier alpha value is -4.88. The highest BCUT2D eigenvalue weighted by atomic mass is 35.5. The topological polar surface area (TPSA) is 193 Å². The van der Waals surface area contributed by atoms with Crippen molar-refractivity contribution in [3.05, 3.63) is 65.1 Å². The summed E-state index contributed by atoms with van der Waals surface area (Å²) in [6.07, 6.45) is 8.61. The van der Waals surface area contributed by atoms with Crippen molar-refractivity contribution < 1.29 is 19.1 Å². The minimum absolute atomic E-state index is 0.0375. The first-order chi connectivity index (χ1) is 22.2. The number of aromatic nitrogens is 2. The Morgan fingerprint density at radius 2 is 1.93 bits per heavy atom. The Kier molecular flexibility index (Phi) is 15.8. The van der Waals surface area contributed by atoms with Crippen LogP contribution in [0.25, 0.3) is 17.3 Å². The molecular formula is C32H44ClN9O4. The lowest BCUT2D eigenvalue weighted by atomic mass is 9.96. The van der Waals surface area contributed by atoms with Crippen LogP contribution >= 0.6 is 11.6 Å². The number of benzene rings is 2. The van der Waals surface area contributed by atoms with Gasteiger partial charge in [-0.1, -0.05) is 32.4 Å². The quantitative estimate of drug-likeness (QED) is 0.0497. The fraction of sp³-hybridized carbons (Fsp3) is 0.344. The largest absolute Gasteiger partial charge is 0.471 e. The minimum Gasteiger partial charge on any atom is -0.471 e. The number of hydrogen-bond donors (Lipinski definition) is 6. The number of aromatic amines is 1. The summed E-state index contributed by atoms with van der Waals surface area (Å²) < 4.78 is 3.86. The van der Waals surface area contributed by atoms with Crippen LogP contribution in [0.15, 0.2) is 53.8 Å². The molecule has 14 heteroatoms. The van der Waals surface area contributed by atoms with Gasteiger partial charge in [0.1, 0.15) is 12.2 Å². The molecule has 13 nitrogen and oxygen atoms in total. The molecular weight excluding hydrogens is 610 g/mol. The van der Waals surface area contributed by atoms with Gasteiger partial charge >= 0.3 is 0 Å². The lowest BCUT2D eigenvalue weighted by Crippen LogP contribution is -2.30. The first kappa shape index (κ1) is 37.3. The standard InChI is InChI=1S/C28H34ClN9O2.C2H4O2.C2H6/c1-17-3-9-22(35-27(40)12-5-18-13-19(29)6-10-25(18)38(31)16-34-30)28-33-15-24(37-28)21-8-7-20(32-2)14-23(21)36-26(39)11-4-17;1-4-2-3;1-2/h5-8,10,12-17,22,32H,3-4,9,11,30-31H2,1-2H3,(H,33,37)(H,35,40)(H,36,39);2H,1H3;1-2H3/b12-5+,34-16-;;/t17?,22-;;/m0../s1. The highest BCUT2D eigenvalue weighted by Gasteiger charge is 2.21. The molecule has 1 aliphatic heterocycles. The molecule has 0 aliphatic carbocycles. The molecule has 46 heavy (non-hydrogen) atoms. The summed E-state index contributed by atoms with van der Waals surface area (Å²) in [5.74, 6) is 11.8. The third kappa shape index (κ3) is 11.2. The number of hydrazone groups is 1. The molecule has 1 aliphatic rings. The number of H-pyrrole nitrogens is 1. The van der Waals surface area contributed by atoms with Crippen molar-refractivity contribution >= 4 is 59.4 Å². The molecule has 0 spiro atoms. The van der Waals surface area contributed by atoms with Crippen molar-refractivity contribution in [2.75, 3.05) is 29.8 Å². The van der Waals surface area contributed by atoms with Gasteiger partial charge in [-0.3, -0.25) is 19.4 Å². The molecule has 0 saturated carbocycles. The van der Waals surface area contributed by atoms with Gasteiger partial charge in [0.2, 0.25) is 11.8 Å². The minimum atomic E-state index is -0.369. The van der Waals surface area contributed by atoms with Crippen molar-refractivity contribution in [2.24, 2.45) is 22.7 Å². The molecule has 0 radical (unpaired) electrons. The third-order valence-electron chi connectivity index (χ3n) is 6.90. The van der Waals surface area contributed by atoms with E-state index in [1.807, 2.05) is 39.1 Å². The van der Waals surface area contributed by atoms with Gasteiger partial charge in [-0.15, -0.1) is 0 Å². The number of nitrogens with two attached hydrogens (primary N) is 2. The number of nitrogens with one attached hydrogen (secondary N) is 4. The summed E-state index contributed by atoms with van der Waals surface area (Å²) in [6.45, 7) is 6.48. The molecule has 1 unspecified atom stereocenters. The highest BCUT2D eigenvalue weighted by Crippen LogP contribution is 2.32. The highest BCUT2D eigenvalue weighted by molar-refractivity contribution is 6.30. The SMILES string of the molecule is CC.CNc1ccc2c(c1)NC(=O)CCC(C)CC[C@H](NC(=O)/C=C/c1cc(Cl)ccc1N(N)/C=N\N)c1ncc-2[nH]1.COC=O. The monoisotopic (exact) mass is 653 g/mol. The molecule has 8 N–H and O–H groups in total. The van der Waals surface area contributed by atoms with Gasteiger partial charge in [-0.05, 0) is 67.7 Å². The van der Waals surface area contributed by atoms with Crippen molar-refractivity contribution in [3.63, 3.8) is 0 Å². The fourth-order valence-corrected chi connectivity index (χ4v) is 4.75.